The maximum absolute atomic E-state index is 12.1. The van der Waals surface area contributed by atoms with Crippen LogP contribution >= 0.6 is 0 Å². The second-order valence-corrected chi connectivity index (χ2v) is 5.26. The Hall–Kier alpha value is -1.68. The predicted octanol–water partition coefficient (Wildman–Crippen LogP) is 1.92. The van der Waals surface area contributed by atoms with Crippen LogP contribution in [0.1, 0.15) is 41.0 Å². The molecule has 0 bridgehead atoms. The Kier molecular flexibility index (Phi) is 4.32. The lowest BCUT2D eigenvalue weighted by Crippen LogP contribution is -2.33. The van der Waals surface area contributed by atoms with Gasteiger partial charge in [0, 0.05) is 6.54 Å². The molecule has 0 radical (unpaired) electrons. The van der Waals surface area contributed by atoms with Crippen LogP contribution in [0.2, 0.25) is 0 Å². The van der Waals surface area contributed by atoms with Crippen LogP contribution in [0, 0.1) is 5.92 Å². The zero-order chi connectivity index (χ0) is 13.8. The molecule has 0 aromatic heterocycles. The second kappa shape index (κ2) is 5.97. The number of imide groups is 1. The molecule has 102 valence electrons. The number of nitrogens with one attached hydrogen (secondary N) is 1. The smallest absolute Gasteiger partial charge is 0.261 e. The summed E-state index contributed by atoms with van der Waals surface area (Å²) in [5.74, 6) is 0.285. The molecule has 1 aliphatic heterocycles. The third kappa shape index (κ3) is 3.01. The van der Waals surface area contributed by atoms with E-state index in [0.29, 0.717) is 23.6 Å². The van der Waals surface area contributed by atoms with E-state index in [0.717, 1.165) is 19.5 Å². The number of benzene rings is 1. The summed E-state index contributed by atoms with van der Waals surface area (Å²) in [6.45, 7) is 6.57. The van der Waals surface area contributed by atoms with E-state index in [2.05, 4.69) is 19.2 Å². The first kappa shape index (κ1) is 13.7. The van der Waals surface area contributed by atoms with Crippen molar-refractivity contribution < 1.29 is 9.59 Å². The quantitative estimate of drug-likeness (QED) is 0.628. The molecule has 1 heterocycles. The molecular weight excluding hydrogens is 240 g/mol. The molecule has 1 aliphatic rings. The average Bonchev–Trinajstić information content (AvgIpc) is 2.63. The fourth-order valence-corrected chi connectivity index (χ4v) is 2.20. The highest BCUT2D eigenvalue weighted by atomic mass is 16.2. The van der Waals surface area contributed by atoms with Gasteiger partial charge in [-0.05, 0) is 37.6 Å². The first-order valence-corrected chi connectivity index (χ1v) is 6.77. The Morgan fingerprint density at radius 1 is 1.11 bits per heavy atom. The summed E-state index contributed by atoms with van der Waals surface area (Å²) in [6.07, 6.45) is 0.790. The fourth-order valence-electron chi connectivity index (χ4n) is 2.20. The van der Waals surface area contributed by atoms with Crippen molar-refractivity contribution in [3.05, 3.63) is 35.4 Å². The minimum atomic E-state index is -0.163. The first-order chi connectivity index (χ1) is 9.11. The van der Waals surface area contributed by atoms with Crippen molar-refractivity contribution in [2.45, 2.75) is 20.3 Å². The third-order valence-electron chi connectivity index (χ3n) is 3.17. The minimum absolute atomic E-state index is 0.163. The van der Waals surface area contributed by atoms with Gasteiger partial charge < -0.3 is 5.32 Å². The van der Waals surface area contributed by atoms with Crippen molar-refractivity contribution in [1.82, 2.24) is 10.2 Å². The van der Waals surface area contributed by atoms with Crippen molar-refractivity contribution in [2.24, 2.45) is 5.92 Å². The van der Waals surface area contributed by atoms with Gasteiger partial charge in [0.25, 0.3) is 11.8 Å². The normalized spacial score (nSPS) is 14.4. The lowest BCUT2D eigenvalue weighted by atomic mass is 10.1. The Morgan fingerprint density at radius 2 is 1.68 bits per heavy atom. The molecule has 0 saturated carbocycles. The zero-order valence-electron chi connectivity index (χ0n) is 11.5. The van der Waals surface area contributed by atoms with E-state index in [1.165, 1.54) is 4.90 Å². The van der Waals surface area contributed by atoms with Gasteiger partial charge in [-0.1, -0.05) is 26.0 Å². The summed E-state index contributed by atoms with van der Waals surface area (Å²) in [4.78, 5) is 25.5. The standard InChI is InChI=1S/C15H20N2O2/c1-11(2)10-16-8-5-9-17-14(18)12-6-3-4-7-13(12)15(17)19/h3-4,6-7,11,16H,5,8-10H2,1-2H3. The van der Waals surface area contributed by atoms with Gasteiger partial charge in [0.05, 0.1) is 11.1 Å². The summed E-state index contributed by atoms with van der Waals surface area (Å²) >= 11 is 0. The summed E-state index contributed by atoms with van der Waals surface area (Å²) in [7, 11) is 0. The molecule has 2 amide bonds. The number of carbonyl (C=O) groups excluding carboxylic acids is 2. The zero-order valence-corrected chi connectivity index (χ0v) is 11.5. The van der Waals surface area contributed by atoms with Crippen LogP contribution in [0.4, 0.5) is 0 Å². The molecule has 4 heteroatoms. The Balaban J connectivity index is 1.87. The maximum atomic E-state index is 12.1. The van der Waals surface area contributed by atoms with Crippen LogP contribution in [0.3, 0.4) is 0 Å². The number of nitrogens with zero attached hydrogens (tertiary/aromatic N) is 1. The largest absolute Gasteiger partial charge is 0.316 e. The van der Waals surface area contributed by atoms with Crippen molar-refractivity contribution in [3.8, 4) is 0 Å². The van der Waals surface area contributed by atoms with E-state index < -0.39 is 0 Å². The second-order valence-electron chi connectivity index (χ2n) is 5.26. The Labute approximate surface area is 113 Å². The van der Waals surface area contributed by atoms with E-state index in [4.69, 9.17) is 0 Å². The molecular formula is C15H20N2O2. The van der Waals surface area contributed by atoms with Crippen molar-refractivity contribution >= 4 is 11.8 Å². The van der Waals surface area contributed by atoms with E-state index in [9.17, 15) is 9.59 Å². The number of carbonyl (C=O) groups is 2. The first-order valence-electron chi connectivity index (χ1n) is 6.77. The number of amides is 2. The summed E-state index contributed by atoms with van der Waals surface area (Å²) < 4.78 is 0. The van der Waals surface area contributed by atoms with Gasteiger partial charge in [0.15, 0.2) is 0 Å². The van der Waals surface area contributed by atoms with Crippen molar-refractivity contribution in [1.29, 1.82) is 0 Å². The number of hydrogen-bond acceptors (Lipinski definition) is 3. The van der Waals surface area contributed by atoms with E-state index in [-0.39, 0.29) is 11.8 Å². The van der Waals surface area contributed by atoms with Gasteiger partial charge in [0.1, 0.15) is 0 Å². The Bertz CT molecular complexity index is 448. The SMILES string of the molecule is CC(C)CNCCCN1C(=O)c2ccccc2C1=O. The Morgan fingerprint density at radius 3 is 2.21 bits per heavy atom. The van der Waals surface area contributed by atoms with Crippen LogP contribution in [0.15, 0.2) is 24.3 Å². The molecule has 2 rings (SSSR count). The van der Waals surface area contributed by atoms with E-state index in [1.807, 2.05) is 0 Å². The molecule has 1 N–H and O–H groups in total. The van der Waals surface area contributed by atoms with Gasteiger partial charge in [-0.3, -0.25) is 14.5 Å². The molecule has 0 spiro atoms. The highest BCUT2D eigenvalue weighted by Crippen LogP contribution is 2.22. The molecule has 0 fully saturated rings. The minimum Gasteiger partial charge on any atom is -0.316 e. The molecule has 0 atom stereocenters. The van der Waals surface area contributed by atoms with Crippen LogP contribution in [-0.2, 0) is 0 Å². The molecule has 0 unspecified atom stereocenters. The monoisotopic (exact) mass is 260 g/mol. The fraction of sp³-hybridized carbons (Fsp3) is 0.467. The topological polar surface area (TPSA) is 49.4 Å². The lowest BCUT2D eigenvalue weighted by Gasteiger charge is -2.14. The predicted molar refractivity (Wildman–Crippen MR) is 74.1 cm³/mol. The van der Waals surface area contributed by atoms with Gasteiger partial charge in [-0.25, -0.2) is 0 Å². The van der Waals surface area contributed by atoms with Crippen molar-refractivity contribution in [2.75, 3.05) is 19.6 Å². The average molecular weight is 260 g/mol. The van der Waals surface area contributed by atoms with Crippen LogP contribution in [-0.4, -0.2) is 36.3 Å². The lowest BCUT2D eigenvalue weighted by molar-refractivity contribution is 0.0652. The molecule has 1 aromatic rings. The van der Waals surface area contributed by atoms with Crippen LogP contribution in [0.25, 0.3) is 0 Å². The number of fused-ring (bicyclic) bond motifs is 1. The molecule has 0 aliphatic carbocycles. The maximum Gasteiger partial charge on any atom is 0.261 e. The molecule has 4 nitrogen and oxygen atoms in total. The summed E-state index contributed by atoms with van der Waals surface area (Å²) in [5.41, 5.74) is 1.06. The van der Waals surface area contributed by atoms with Gasteiger partial charge in [-0.2, -0.15) is 0 Å². The van der Waals surface area contributed by atoms with Crippen molar-refractivity contribution in [3.63, 3.8) is 0 Å². The highest BCUT2D eigenvalue weighted by molar-refractivity contribution is 6.21. The van der Waals surface area contributed by atoms with E-state index >= 15 is 0 Å². The van der Waals surface area contributed by atoms with Crippen LogP contribution in [0.5, 0.6) is 0 Å². The van der Waals surface area contributed by atoms with Gasteiger partial charge in [0.2, 0.25) is 0 Å². The summed E-state index contributed by atoms with van der Waals surface area (Å²) in [5, 5.41) is 3.31. The van der Waals surface area contributed by atoms with Gasteiger partial charge >= 0.3 is 0 Å². The van der Waals surface area contributed by atoms with E-state index in [1.54, 1.807) is 24.3 Å². The number of rotatable bonds is 6. The molecule has 19 heavy (non-hydrogen) atoms. The number of hydrogen-bond donors (Lipinski definition) is 1. The third-order valence-corrected chi connectivity index (χ3v) is 3.17. The summed E-state index contributed by atoms with van der Waals surface area (Å²) in [6, 6.07) is 7.01. The molecule has 0 saturated heterocycles. The van der Waals surface area contributed by atoms with Gasteiger partial charge in [-0.15, -0.1) is 0 Å². The van der Waals surface area contributed by atoms with Crippen LogP contribution < -0.4 is 5.32 Å². The molecule has 1 aromatic carbocycles. The highest BCUT2D eigenvalue weighted by Gasteiger charge is 2.34.